The molecule has 1 fully saturated rings. The topological polar surface area (TPSA) is 280 Å². The molecule has 222 valence electrons. The first-order valence-electron chi connectivity index (χ1n) is 11.4. The molecule has 0 aliphatic carbocycles. The molecule has 1 aliphatic heterocycles. The lowest BCUT2D eigenvalue weighted by molar-refractivity contribution is -0.151. The molecular formula is C19H32N6O11S3. The number of unbranched alkanes of at least 4 members (excludes halogenated alkanes) is 1. The van der Waals surface area contributed by atoms with Gasteiger partial charge < -0.3 is 31.2 Å². The second-order valence-corrected chi connectivity index (χ2v) is 12.6. The number of hydrogen-bond donors (Lipinski definition) is 6. The second kappa shape index (κ2) is 14.5. The summed E-state index contributed by atoms with van der Waals surface area (Å²) in [5.41, 5.74) is 12.2. The van der Waals surface area contributed by atoms with Crippen LogP contribution in [0.15, 0.2) is 12.7 Å². The number of ether oxygens (including phenoxy) is 2. The number of aromatic nitrogens is 4. The standard InChI is InChI=1S/C15H22N6O5S.C4H10O6S2/c1-27-3-2-7(16)15(24)25-4-8-10(22)11(23)14(26-8)21-6-20-9-12(17)18-5-19-13(9)21;5-11(6,7)3-1-2-4-12(8,9)10/h5-8,10-11,14,22-23H,2-4,16H2,1H3,(H2,17,18,19);1-4H2,(H,5,6,7)(H,8,9,10)/t7?,8-,10-,11-,14-;/m1./s1. The van der Waals surface area contributed by atoms with Gasteiger partial charge in [-0.2, -0.15) is 28.6 Å². The van der Waals surface area contributed by atoms with Gasteiger partial charge >= 0.3 is 5.97 Å². The Kier molecular flexibility index (Phi) is 12.2. The number of imidazole rings is 1. The molecule has 5 atom stereocenters. The molecule has 0 aromatic carbocycles. The number of rotatable bonds is 12. The summed E-state index contributed by atoms with van der Waals surface area (Å²) in [4.78, 5) is 24.0. The van der Waals surface area contributed by atoms with E-state index >= 15 is 0 Å². The van der Waals surface area contributed by atoms with Gasteiger partial charge in [0.05, 0.1) is 17.8 Å². The molecule has 0 radical (unpaired) electrons. The zero-order chi connectivity index (χ0) is 29.4. The zero-order valence-electron chi connectivity index (χ0n) is 20.8. The third-order valence-electron chi connectivity index (χ3n) is 5.38. The molecule has 1 unspecified atom stereocenters. The number of anilines is 1. The minimum absolute atomic E-state index is 0.0125. The number of esters is 1. The van der Waals surface area contributed by atoms with Crippen molar-refractivity contribution in [3.63, 3.8) is 0 Å². The van der Waals surface area contributed by atoms with Crippen LogP contribution in [-0.2, 0) is 34.5 Å². The van der Waals surface area contributed by atoms with Crippen LogP contribution < -0.4 is 11.5 Å². The van der Waals surface area contributed by atoms with Gasteiger partial charge in [-0.1, -0.05) is 0 Å². The van der Waals surface area contributed by atoms with Crippen LogP contribution >= 0.6 is 11.8 Å². The van der Waals surface area contributed by atoms with Crippen LogP contribution in [-0.4, -0.2) is 116 Å². The van der Waals surface area contributed by atoms with Crippen molar-refractivity contribution in [2.24, 2.45) is 5.73 Å². The Hall–Kier alpha value is -2.17. The molecule has 2 aromatic heterocycles. The minimum Gasteiger partial charge on any atom is -0.462 e. The van der Waals surface area contributed by atoms with Gasteiger partial charge in [0.2, 0.25) is 0 Å². The third-order valence-corrected chi connectivity index (χ3v) is 7.63. The third kappa shape index (κ3) is 10.4. The molecule has 0 saturated carbocycles. The predicted octanol–water partition coefficient (Wildman–Crippen LogP) is -1.81. The van der Waals surface area contributed by atoms with E-state index in [0.717, 1.165) is 5.75 Å². The lowest BCUT2D eigenvalue weighted by Crippen LogP contribution is -2.38. The first kappa shape index (κ1) is 33.0. The lowest BCUT2D eigenvalue weighted by Gasteiger charge is -2.17. The number of aliphatic hydroxyl groups excluding tert-OH is 2. The molecule has 17 nitrogen and oxygen atoms in total. The number of carbonyl (C=O) groups is 1. The highest BCUT2D eigenvalue weighted by molar-refractivity contribution is 7.98. The highest BCUT2D eigenvalue weighted by Crippen LogP contribution is 2.32. The van der Waals surface area contributed by atoms with Crippen LogP contribution in [0.2, 0.25) is 0 Å². The maximum Gasteiger partial charge on any atom is 0.323 e. The first-order chi connectivity index (χ1) is 18.1. The molecule has 3 rings (SSSR count). The van der Waals surface area contributed by atoms with E-state index in [0.29, 0.717) is 17.6 Å². The van der Waals surface area contributed by atoms with E-state index < -0.39 is 68.3 Å². The number of nitrogens with two attached hydrogens (primary N) is 2. The van der Waals surface area contributed by atoms with E-state index in [-0.39, 0.29) is 25.3 Å². The Balaban J connectivity index is 0.000000377. The van der Waals surface area contributed by atoms with E-state index in [1.54, 1.807) is 11.8 Å². The number of fused-ring (bicyclic) bond motifs is 1. The fourth-order valence-corrected chi connectivity index (χ4v) is 4.98. The van der Waals surface area contributed by atoms with Crippen LogP contribution in [0.4, 0.5) is 5.82 Å². The van der Waals surface area contributed by atoms with Gasteiger partial charge in [-0.3, -0.25) is 18.5 Å². The predicted molar refractivity (Wildman–Crippen MR) is 140 cm³/mol. The van der Waals surface area contributed by atoms with Crippen LogP contribution in [0.5, 0.6) is 0 Å². The van der Waals surface area contributed by atoms with Crippen LogP contribution in [0.1, 0.15) is 25.5 Å². The molecule has 0 spiro atoms. The van der Waals surface area contributed by atoms with Gasteiger partial charge in [-0.25, -0.2) is 15.0 Å². The Morgan fingerprint density at radius 2 is 1.74 bits per heavy atom. The van der Waals surface area contributed by atoms with E-state index in [2.05, 4.69) is 15.0 Å². The minimum atomic E-state index is -4.02. The molecule has 20 heteroatoms. The Labute approximate surface area is 228 Å². The summed E-state index contributed by atoms with van der Waals surface area (Å²) in [6.07, 6.45) is 0.673. The number of carbonyl (C=O) groups excluding carboxylic acids is 1. The monoisotopic (exact) mass is 616 g/mol. The summed E-state index contributed by atoms with van der Waals surface area (Å²) >= 11 is 1.58. The van der Waals surface area contributed by atoms with Crippen molar-refractivity contribution >= 4 is 54.9 Å². The number of hydrogen-bond acceptors (Lipinski definition) is 15. The Morgan fingerprint density at radius 3 is 2.31 bits per heavy atom. The maximum absolute atomic E-state index is 11.9. The summed E-state index contributed by atoms with van der Waals surface area (Å²) in [6.45, 7) is -0.232. The van der Waals surface area contributed by atoms with Crippen molar-refractivity contribution in [1.29, 1.82) is 0 Å². The lowest BCUT2D eigenvalue weighted by atomic mass is 10.1. The van der Waals surface area contributed by atoms with Crippen LogP contribution in [0, 0.1) is 0 Å². The van der Waals surface area contributed by atoms with Crippen molar-refractivity contribution < 1.29 is 50.4 Å². The van der Waals surface area contributed by atoms with Gasteiger partial charge in [0.1, 0.15) is 42.8 Å². The molecule has 1 aliphatic rings. The summed E-state index contributed by atoms with van der Waals surface area (Å²) in [5.74, 6) is -0.619. The highest BCUT2D eigenvalue weighted by Gasteiger charge is 2.45. The van der Waals surface area contributed by atoms with Crippen molar-refractivity contribution in [1.82, 2.24) is 19.5 Å². The first-order valence-corrected chi connectivity index (χ1v) is 16.0. The van der Waals surface area contributed by atoms with E-state index in [4.69, 9.17) is 30.0 Å². The molecule has 0 bridgehead atoms. The molecule has 1 saturated heterocycles. The second-order valence-electron chi connectivity index (χ2n) is 8.43. The maximum atomic E-state index is 11.9. The molecule has 3 heterocycles. The highest BCUT2D eigenvalue weighted by atomic mass is 32.2. The van der Waals surface area contributed by atoms with Crippen LogP contribution in [0.3, 0.4) is 0 Å². The van der Waals surface area contributed by atoms with Gasteiger partial charge in [-0.15, -0.1) is 0 Å². The normalized spacial score (nSPS) is 22.3. The number of aliphatic hydroxyl groups is 2. The Bertz CT molecular complexity index is 1270. The number of thioether (sulfide) groups is 1. The summed E-state index contributed by atoms with van der Waals surface area (Å²) < 4.78 is 69.1. The quantitative estimate of drug-likeness (QED) is 0.0870. The van der Waals surface area contributed by atoms with Gasteiger partial charge in [0.15, 0.2) is 17.7 Å². The van der Waals surface area contributed by atoms with Crippen molar-refractivity contribution in [3.05, 3.63) is 12.7 Å². The van der Waals surface area contributed by atoms with Crippen molar-refractivity contribution in [2.75, 3.05) is 35.9 Å². The van der Waals surface area contributed by atoms with Crippen LogP contribution in [0.25, 0.3) is 11.2 Å². The summed E-state index contributed by atoms with van der Waals surface area (Å²) in [6, 6.07) is -0.742. The number of nitrogens with zero attached hydrogens (tertiary/aromatic N) is 4. The van der Waals surface area contributed by atoms with Crippen molar-refractivity contribution in [3.8, 4) is 0 Å². The molecule has 8 N–H and O–H groups in total. The fraction of sp³-hybridized carbons (Fsp3) is 0.684. The summed E-state index contributed by atoms with van der Waals surface area (Å²) in [7, 11) is -8.04. The SMILES string of the molecule is CSCCC(N)C(=O)OC[C@H]1O[C@@H](n2cnc3c(N)ncnc32)[C@H](O)[C@@H]1O.O=S(=O)(O)CCCCS(=O)(=O)O. The fourth-order valence-electron chi connectivity index (χ4n) is 3.36. The van der Waals surface area contributed by atoms with Gasteiger partial charge in [-0.05, 0) is 31.3 Å². The smallest absolute Gasteiger partial charge is 0.323 e. The van der Waals surface area contributed by atoms with Crippen molar-refractivity contribution in [2.45, 2.75) is 49.8 Å². The largest absolute Gasteiger partial charge is 0.462 e. The molecule has 2 aromatic rings. The molecular weight excluding hydrogens is 584 g/mol. The van der Waals surface area contributed by atoms with E-state index in [9.17, 15) is 31.8 Å². The molecule has 0 amide bonds. The average molecular weight is 617 g/mol. The number of nitrogen functional groups attached to an aromatic ring is 1. The van der Waals surface area contributed by atoms with E-state index in [1.165, 1.54) is 17.2 Å². The Morgan fingerprint density at radius 1 is 1.13 bits per heavy atom. The molecule has 39 heavy (non-hydrogen) atoms. The summed E-state index contributed by atoms with van der Waals surface area (Å²) in [5, 5.41) is 20.6. The zero-order valence-corrected chi connectivity index (χ0v) is 23.3. The average Bonchev–Trinajstić information content (AvgIpc) is 3.40. The van der Waals surface area contributed by atoms with Gasteiger partial charge in [0, 0.05) is 0 Å². The van der Waals surface area contributed by atoms with E-state index in [1.807, 2.05) is 6.26 Å². The van der Waals surface area contributed by atoms with Gasteiger partial charge in [0.25, 0.3) is 20.2 Å².